The number of methoxy groups -OCH3 is 1. The molecule has 2 N–H and O–H groups in total. The minimum atomic E-state index is -0.504. The van der Waals surface area contributed by atoms with Gasteiger partial charge in [0.25, 0.3) is 0 Å². The summed E-state index contributed by atoms with van der Waals surface area (Å²) in [5, 5.41) is 6.44. The van der Waals surface area contributed by atoms with Gasteiger partial charge in [-0.1, -0.05) is 30.3 Å². The summed E-state index contributed by atoms with van der Waals surface area (Å²) in [4.78, 5) is 24.1. The van der Waals surface area contributed by atoms with E-state index in [2.05, 4.69) is 10.6 Å². The van der Waals surface area contributed by atoms with E-state index in [1.807, 2.05) is 42.1 Å². The van der Waals surface area contributed by atoms with Crippen LogP contribution in [0.15, 0.2) is 54.7 Å². The number of nitrogens with zero attached hydrogens (tertiary/aromatic N) is 1. The first-order valence-corrected chi connectivity index (χ1v) is 7.39. The van der Waals surface area contributed by atoms with Gasteiger partial charge in [0.1, 0.15) is 0 Å². The number of aryl methyl sites for hydroxylation is 1. The second-order valence-corrected chi connectivity index (χ2v) is 5.29. The molecule has 0 atom stereocenters. The van der Waals surface area contributed by atoms with E-state index in [0.29, 0.717) is 16.9 Å². The molecule has 1 heterocycles. The summed E-state index contributed by atoms with van der Waals surface area (Å²) in [7, 11) is 3.22. The largest absolute Gasteiger partial charge is 0.465 e. The Bertz CT molecular complexity index is 915. The Morgan fingerprint density at radius 1 is 0.958 bits per heavy atom. The quantitative estimate of drug-likeness (QED) is 0.723. The maximum absolute atomic E-state index is 12.3. The van der Waals surface area contributed by atoms with Crippen molar-refractivity contribution >= 4 is 34.3 Å². The van der Waals surface area contributed by atoms with Crippen LogP contribution < -0.4 is 10.6 Å². The van der Waals surface area contributed by atoms with Crippen molar-refractivity contribution in [3.05, 3.63) is 60.3 Å². The molecule has 0 aliphatic heterocycles. The smallest absolute Gasteiger partial charge is 0.339 e. The molecule has 1 aromatic heterocycles. The van der Waals surface area contributed by atoms with Crippen LogP contribution in [-0.2, 0) is 11.8 Å². The number of nitrogens with one attached hydrogen (secondary N) is 2. The summed E-state index contributed by atoms with van der Waals surface area (Å²) < 4.78 is 6.66. The number of hydrogen-bond acceptors (Lipinski definition) is 3. The fourth-order valence-electron chi connectivity index (χ4n) is 2.60. The number of esters is 1. The molecule has 3 rings (SSSR count). The number of para-hydroxylation sites is 2. The third kappa shape index (κ3) is 2.94. The molecule has 0 bridgehead atoms. The molecule has 24 heavy (non-hydrogen) atoms. The number of benzene rings is 2. The number of aromatic nitrogens is 1. The highest BCUT2D eigenvalue weighted by Crippen LogP contribution is 2.25. The van der Waals surface area contributed by atoms with E-state index in [1.54, 1.807) is 24.3 Å². The molecule has 6 heteroatoms. The number of ether oxygens (including phenoxy) is 1. The molecule has 0 saturated heterocycles. The maximum atomic E-state index is 12.3. The van der Waals surface area contributed by atoms with Gasteiger partial charge in [-0.25, -0.2) is 9.59 Å². The number of rotatable bonds is 3. The van der Waals surface area contributed by atoms with Gasteiger partial charge in [-0.3, -0.25) is 0 Å². The first-order valence-electron chi connectivity index (χ1n) is 7.39. The average Bonchev–Trinajstić information content (AvgIpc) is 2.91. The van der Waals surface area contributed by atoms with Gasteiger partial charge in [0.2, 0.25) is 0 Å². The summed E-state index contributed by atoms with van der Waals surface area (Å²) in [6.45, 7) is 0. The number of urea groups is 1. The summed E-state index contributed by atoms with van der Waals surface area (Å²) in [6, 6.07) is 14.0. The highest BCUT2D eigenvalue weighted by molar-refractivity contribution is 6.08. The Hall–Kier alpha value is -3.28. The molecule has 122 valence electrons. The molecule has 6 nitrogen and oxygen atoms in total. The Labute approximate surface area is 139 Å². The molecule has 3 aromatic rings. The molecule has 0 fully saturated rings. The third-order valence-electron chi connectivity index (χ3n) is 3.73. The number of amides is 2. The molecule has 0 aliphatic carbocycles. The monoisotopic (exact) mass is 323 g/mol. The zero-order valence-electron chi connectivity index (χ0n) is 13.4. The van der Waals surface area contributed by atoms with E-state index in [0.717, 1.165) is 10.9 Å². The van der Waals surface area contributed by atoms with Crippen molar-refractivity contribution in [1.82, 2.24) is 4.57 Å². The van der Waals surface area contributed by atoms with Gasteiger partial charge in [-0.2, -0.15) is 0 Å². The van der Waals surface area contributed by atoms with E-state index in [9.17, 15) is 9.59 Å². The summed E-state index contributed by atoms with van der Waals surface area (Å²) >= 11 is 0. The van der Waals surface area contributed by atoms with Gasteiger partial charge >= 0.3 is 12.0 Å². The number of carbonyl (C=O) groups is 2. The van der Waals surface area contributed by atoms with Crippen LogP contribution >= 0.6 is 0 Å². The molecular formula is C18H17N3O3. The average molecular weight is 323 g/mol. The lowest BCUT2D eigenvalue weighted by Gasteiger charge is -2.10. The van der Waals surface area contributed by atoms with Crippen LogP contribution in [0.1, 0.15) is 10.4 Å². The predicted octanol–water partition coefficient (Wildman–Crippen LogP) is 3.61. The van der Waals surface area contributed by atoms with Crippen LogP contribution in [-0.4, -0.2) is 23.7 Å². The van der Waals surface area contributed by atoms with Crippen LogP contribution in [0.5, 0.6) is 0 Å². The highest BCUT2D eigenvalue weighted by Gasteiger charge is 2.14. The molecule has 0 aliphatic rings. The van der Waals surface area contributed by atoms with Crippen LogP contribution in [0, 0.1) is 0 Å². The Kier molecular flexibility index (Phi) is 4.20. The van der Waals surface area contributed by atoms with E-state index < -0.39 is 12.0 Å². The third-order valence-corrected chi connectivity index (χ3v) is 3.73. The lowest BCUT2D eigenvalue weighted by atomic mass is 10.2. The zero-order chi connectivity index (χ0) is 17.1. The van der Waals surface area contributed by atoms with Gasteiger partial charge < -0.3 is 19.9 Å². The van der Waals surface area contributed by atoms with Crippen LogP contribution in [0.2, 0.25) is 0 Å². The Balaban J connectivity index is 1.83. The van der Waals surface area contributed by atoms with Gasteiger partial charge in [0.15, 0.2) is 0 Å². The van der Waals surface area contributed by atoms with Gasteiger partial charge in [-0.15, -0.1) is 0 Å². The minimum absolute atomic E-state index is 0.299. The number of hydrogen-bond donors (Lipinski definition) is 2. The van der Waals surface area contributed by atoms with Gasteiger partial charge in [-0.05, 0) is 18.2 Å². The van der Waals surface area contributed by atoms with Crippen LogP contribution in [0.3, 0.4) is 0 Å². The lowest BCUT2D eigenvalue weighted by Crippen LogP contribution is -2.21. The van der Waals surface area contributed by atoms with Crippen molar-refractivity contribution in [3.8, 4) is 0 Å². The normalized spacial score (nSPS) is 10.4. The van der Waals surface area contributed by atoms with Crippen LogP contribution in [0.4, 0.5) is 16.2 Å². The van der Waals surface area contributed by atoms with Gasteiger partial charge in [0, 0.05) is 24.1 Å². The molecule has 0 unspecified atom stereocenters. The summed E-state index contributed by atoms with van der Waals surface area (Å²) in [5.41, 5.74) is 2.40. The molecule has 2 aromatic carbocycles. The van der Waals surface area contributed by atoms with E-state index >= 15 is 0 Å². The summed E-state index contributed by atoms with van der Waals surface area (Å²) in [6.07, 6.45) is 1.84. The second-order valence-electron chi connectivity index (χ2n) is 5.29. The first-order chi connectivity index (χ1) is 11.6. The molecule has 2 amide bonds. The van der Waals surface area contributed by atoms with E-state index in [1.165, 1.54) is 7.11 Å². The highest BCUT2D eigenvalue weighted by atomic mass is 16.5. The molecule has 0 saturated carbocycles. The number of fused-ring (bicyclic) bond motifs is 1. The fraction of sp³-hybridized carbons (Fsp3) is 0.111. The predicted molar refractivity (Wildman–Crippen MR) is 93.3 cm³/mol. The van der Waals surface area contributed by atoms with Crippen LogP contribution in [0.25, 0.3) is 10.9 Å². The fourth-order valence-corrected chi connectivity index (χ4v) is 2.60. The zero-order valence-corrected chi connectivity index (χ0v) is 13.4. The van der Waals surface area contributed by atoms with Crippen molar-refractivity contribution in [1.29, 1.82) is 0 Å². The Morgan fingerprint density at radius 3 is 2.42 bits per heavy atom. The van der Waals surface area contributed by atoms with Crippen molar-refractivity contribution in [2.75, 3.05) is 17.7 Å². The standard InChI is InChI=1S/C18H17N3O3/c1-21-11-15(12-7-4-6-10-16(12)21)20-18(23)19-14-9-5-3-8-13(14)17(22)24-2/h3-11H,1-2H3,(H2,19,20,23). The SMILES string of the molecule is COC(=O)c1ccccc1NC(=O)Nc1cn(C)c2ccccc12. The van der Waals surface area contributed by atoms with Gasteiger partial charge in [0.05, 0.1) is 24.0 Å². The van der Waals surface area contributed by atoms with Crippen molar-refractivity contribution in [2.24, 2.45) is 7.05 Å². The van der Waals surface area contributed by atoms with Crippen molar-refractivity contribution < 1.29 is 14.3 Å². The molecular weight excluding hydrogens is 306 g/mol. The van der Waals surface area contributed by atoms with Crippen molar-refractivity contribution in [2.45, 2.75) is 0 Å². The Morgan fingerprint density at radius 2 is 1.62 bits per heavy atom. The van der Waals surface area contributed by atoms with E-state index in [4.69, 9.17) is 4.74 Å². The summed E-state index contributed by atoms with van der Waals surface area (Å²) in [5.74, 6) is -0.504. The minimum Gasteiger partial charge on any atom is -0.465 e. The van der Waals surface area contributed by atoms with E-state index in [-0.39, 0.29) is 0 Å². The first kappa shape index (κ1) is 15.6. The number of anilines is 2. The number of carbonyl (C=O) groups excluding carboxylic acids is 2. The maximum Gasteiger partial charge on any atom is 0.339 e. The second kappa shape index (κ2) is 6.45. The molecule has 0 radical (unpaired) electrons. The topological polar surface area (TPSA) is 72.4 Å². The molecule has 0 spiro atoms. The van der Waals surface area contributed by atoms with Crippen molar-refractivity contribution in [3.63, 3.8) is 0 Å². The lowest BCUT2D eigenvalue weighted by molar-refractivity contribution is 0.0602.